The van der Waals surface area contributed by atoms with Gasteiger partial charge in [-0.2, -0.15) is 0 Å². The zero-order valence-corrected chi connectivity index (χ0v) is 14.0. The molecule has 4 nitrogen and oxygen atoms in total. The Hall–Kier alpha value is -2.24. The zero-order chi connectivity index (χ0) is 17.9. The Morgan fingerprint density at radius 2 is 1.80 bits per heavy atom. The van der Waals surface area contributed by atoms with Gasteiger partial charge < -0.3 is 10.6 Å². The fraction of sp³-hybridized carbons (Fsp3) is 0.474. The van der Waals surface area contributed by atoms with Gasteiger partial charge in [-0.25, -0.2) is 8.78 Å². The summed E-state index contributed by atoms with van der Waals surface area (Å²) in [6, 6.07) is 3.35. The van der Waals surface area contributed by atoms with Crippen LogP contribution in [0.4, 0.5) is 14.5 Å². The average molecular weight is 348 g/mol. The summed E-state index contributed by atoms with van der Waals surface area (Å²) in [5, 5.41) is 5.04. The standard InChI is InChI=1S/C19H22F2N2O2/c20-14-7-4-8-15(21)16(14)23-18(25)19(10-11-19)17(24)22-12-9-13-5-2-1-3-6-13/h4-5,7-8H,1-3,6,9-12H2,(H,22,24)(H,23,25). The third kappa shape index (κ3) is 3.89. The van der Waals surface area contributed by atoms with Crippen molar-refractivity contribution in [3.63, 3.8) is 0 Å². The van der Waals surface area contributed by atoms with Crippen LogP contribution in [0.15, 0.2) is 29.8 Å². The van der Waals surface area contributed by atoms with Crippen molar-refractivity contribution in [2.24, 2.45) is 5.41 Å². The molecule has 0 unspecified atom stereocenters. The topological polar surface area (TPSA) is 58.2 Å². The zero-order valence-electron chi connectivity index (χ0n) is 14.0. The highest BCUT2D eigenvalue weighted by Gasteiger charge is 2.56. The van der Waals surface area contributed by atoms with E-state index in [1.807, 2.05) is 0 Å². The van der Waals surface area contributed by atoms with E-state index in [1.54, 1.807) is 0 Å². The molecule has 0 spiro atoms. The van der Waals surface area contributed by atoms with Crippen LogP contribution < -0.4 is 10.6 Å². The molecule has 25 heavy (non-hydrogen) atoms. The number of carbonyl (C=O) groups excluding carboxylic acids is 2. The molecule has 6 heteroatoms. The minimum Gasteiger partial charge on any atom is -0.355 e. The summed E-state index contributed by atoms with van der Waals surface area (Å²) in [4.78, 5) is 24.8. The number of amides is 2. The molecule has 0 radical (unpaired) electrons. The van der Waals surface area contributed by atoms with Gasteiger partial charge >= 0.3 is 0 Å². The molecule has 2 N–H and O–H groups in total. The van der Waals surface area contributed by atoms with Crippen LogP contribution in [-0.2, 0) is 9.59 Å². The first kappa shape index (κ1) is 17.6. The van der Waals surface area contributed by atoms with Crippen molar-refractivity contribution in [2.75, 3.05) is 11.9 Å². The maximum Gasteiger partial charge on any atom is 0.240 e. The molecular formula is C19H22F2N2O2. The summed E-state index contributed by atoms with van der Waals surface area (Å²) in [6.45, 7) is 0.480. The third-order valence-corrected chi connectivity index (χ3v) is 4.94. The molecule has 2 amide bonds. The van der Waals surface area contributed by atoms with Crippen molar-refractivity contribution in [1.29, 1.82) is 0 Å². The SMILES string of the molecule is O=C(NCCC1=CCCCC1)C1(C(=O)Nc2c(F)cccc2F)CC1. The van der Waals surface area contributed by atoms with Crippen molar-refractivity contribution in [2.45, 2.75) is 44.9 Å². The summed E-state index contributed by atoms with van der Waals surface area (Å²) in [6.07, 6.45) is 8.33. The molecule has 2 aliphatic carbocycles. The molecule has 0 aliphatic heterocycles. The van der Waals surface area contributed by atoms with E-state index < -0.39 is 28.6 Å². The van der Waals surface area contributed by atoms with Crippen molar-refractivity contribution >= 4 is 17.5 Å². The van der Waals surface area contributed by atoms with Crippen molar-refractivity contribution in [1.82, 2.24) is 5.32 Å². The first-order valence-corrected chi connectivity index (χ1v) is 8.74. The van der Waals surface area contributed by atoms with Crippen molar-refractivity contribution < 1.29 is 18.4 Å². The molecule has 0 bridgehead atoms. The number of allylic oxidation sites excluding steroid dienone is 1. The Labute approximate surface area is 145 Å². The molecule has 1 fully saturated rings. The summed E-state index contributed by atoms with van der Waals surface area (Å²) >= 11 is 0. The second-order valence-electron chi connectivity index (χ2n) is 6.75. The fourth-order valence-electron chi connectivity index (χ4n) is 3.17. The molecule has 134 valence electrons. The predicted molar refractivity (Wildman–Crippen MR) is 90.8 cm³/mol. The van der Waals surface area contributed by atoms with Crippen LogP contribution in [-0.4, -0.2) is 18.4 Å². The van der Waals surface area contributed by atoms with E-state index in [0.717, 1.165) is 31.4 Å². The minimum absolute atomic E-state index is 0.363. The Bertz CT molecular complexity index is 691. The average Bonchev–Trinajstić information content (AvgIpc) is 3.41. The lowest BCUT2D eigenvalue weighted by Crippen LogP contribution is -2.40. The van der Waals surface area contributed by atoms with Crippen molar-refractivity contribution in [3.05, 3.63) is 41.5 Å². The number of nitrogens with one attached hydrogen (secondary N) is 2. The molecule has 1 saturated carbocycles. The summed E-state index contributed by atoms with van der Waals surface area (Å²) in [5.74, 6) is -2.72. The minimum atomic E-state index is -1.20. The lowest BCUT2D eigenvalue weighted by Gasteiger charge is -2.17. The van der Waals surface area contributed by atoms with E-state index in [1.165, 1.54) is 24.5 Å². The number of rotatable bonds is 6. The first-order chi connectivity index (χ1) is 12.0. The molecule has 0 saturated heterocycles. The maximum absolute atomic E-state index is 13.7. The summed E-state index contributed by atoms with van der Waals surface area (Å²) in [7, 11) is 0. The van der Waals surface area contributed by atoms with Gasteiger partial charge in [0.1, 0.15) is 22.7 Å². The van der Waals surface area contributed by atoms with E-state index in [-0.39, 0.29) is 5.91 Å². The molecular weight excluding hydrogens is 326 g/mol. The van der Waals surface area contributed by atoms with E-state index in [4.69, 9.17) is 0 Å². The van der Waals surface area contributed by atoms with Gasteiger partial charge in [0.05, 0.1) is 0 Å². The summed E-state index contributed by atoms with van der Waals surface area (Å²) in [5.41, 5.74) is -0.358. The highest BCUT2D eigenvalue weighted by molar-refractivity contribution is 6.13. The van der Waals surface area contributed by atoms with Crippen LogP contribution in [0.5, 0.6) is 0 Å². The molecule has 3 rings (SSSR count). The van der Waals surface area contributed by atoms with Crippen LogP contribution in [0.25, 0.3) is 0 Å². The largest absolute Gasteiger partial charge is 0.355 e. The number of anilines is 1. The number of carbonyl (C=O) groups is 2. The molecule has 0 aromatic heterocycles. The van der Waals surface area contributed by atoms with E-state index in [2.05, 4.69) is 16.7 Å². The second-order valence-corrected chi connectivity index (χ2v) is 6.75. The maximum atomic E-state index is 13.7. The van der Waals surface area contributed by atoms with E-state index in [0.29, 0.717) is 19.4 Å². The highest BCUT2D eigenvalue weighted by Crippen LogP contribution is 2.47. The van der Waals surface area contributed by atoms with Gasteiger partial charge in [0.2, 0.25) is 11.8 Å². The van der Waals surface area contributed by atoms with Crippen LogP contribution in [0.2, 0.25) is 0 Å². The molecule has 0 atom stereocenters. The molecule has 0 heterocycles. The number of benzene rings is 1. The Kier molecular flexibility index (Phi) is 5.16. The van der Waals surface area contributed by atoms with Crippen LogP contribution in [0, 0.1) is 17.0 Å². The number of halogens is 2. The van der Waals surface area contributed by atoms with Crippen molar-refractivity contribution in [3.8, 4) is 0 Å². The van der Waals surface area contributed by atoms with Gasteiger partial charge in [-0.15, -0.1) is 0 Å². The summed E-state index contributed by atoms with van der Waals surface area (Å²) < 4.78 is 27.3. The Morgan fingerprint density at radius 1 is 1.08 bits per heavy atom. The van der Waals surface area contributed by atoms with E-state index in [9.17, 15) is 18.4 Å². The Morgan fingerprint density at radius 3 is 2.40 bits per heavy atom. The molecule has 1 aromatic carbocycles. The van der Waals surface area contributed by atoms with Gasteiger partial charge in [-0.3, -0.25) is 9.59 Å². The predicted octanol–water partition coefficient (Wildman–Crippen LogP) is 3.69. The smallest absolute Gasteiger partial charge is 0.240 e. The number of para-hydroxylation sites is 1. The quantitative estimate of drug-likeness (QED) is 0.608. The van der Waals surface area contributed by atoms with Gasteiger partial charge in [0.25, 0.3) is 0 Å². The lowest BCUT2D eigenvalue weighted by atomic mass is 9.97. The molecule has 1 aromatic rings. The van der Waals surface area contributed by atoms with Gasteiger partial charge in [0.15, 0.2) is 0 Å². The van der Waals surface area contributed by atoms with Crippen LogP contribution in [0.1, 0.15) is 44.9 Å². The first-order valence-electron chi connectivity index (χ1n) is 8.74. The van der Waals surface area contributed by atoms with Gasteiger partial charge in [-0.05, 0) is 57.1 Å². The fourth-order valence-corrected chi connectivity index (χ4v) is 3.17. The number of hydrogen-bond donors (Lipinski definition) is 2. The van der Waals surface area contributed by atoms with Crippen LogP contribution >= 0.6 is 0 Å². The normalized spacial score (nSPS) is 18.2. The monoisotopic (exact) mass is 348 g/mol. The van der Waals surface area contributed by atoms with E-state index >= 15 is 0 Å². The third-order valence-electron chi connectivity index (χ3n) is 4.94. The molecule has 2 aliphatic rings. The number of hydrogen-bond acceptors (Lipinski definition) is 2. The Balaban J connectivity index is 1.56. The second kappa shape index (κ2) is 7.33. The highest BCUT2D eigenvalue weighted by atomic mass is 19.1. The lowest BCUT2D eigenvalue weighted by molar-refractivity contribution is -0.134. The van der Waals surface area contributed by atoms with Crippen LogP contribution in [0.3, 0.4) is 0 Å². The van der Waals surface area contributed by atoms with Gasteiger partial charge in [0, 0.05) is 6.54 Å². The van der Waals surface area contributed by atoms with Gasteiger partial charge in [-0.1, -0.05) is 17.7 Å².